The Morgan fingerprint density at radius 2 is 2.21 bits per heavy atom. The van der Waals surface area contributed by atoms with E-state index in [1.165, 1.54) is 0 Å². The Hall–Kier alpha value is -1.32. The van der Waals surface area contributed by atoms with Gasteiger partial charge < -0.3 is 10.4 Å². The van der Waals surface area contributed by atoms with Crippen LogP contribution in [0.1, 0.15) is 52.4 Å². The Balaban J connectivity index is 2.56. The number of aliphatic carboxylic acids is 1. The normalized spacial score (nSPS) is 23.4. The van der Waals surface area contributed by atoms with Gasteiger partial charge >= 0.3 is 5.97 Å². The Bertz CT molecular complexity index is 349. The topological polar surface area (TPSA) is 66.4 Å². The molecular formula is C15H25NO3. The van der Waals surface area contributed by atoms with Gasteiger partial charge in [0.15, 0.2) is 0 Å². The summed E-state index contributed by atoms with van der Waals surface area (Å²) in [5, 5.41) is 11.8. The number of carboxylic acids is 1. The summed E-state index contributed by atoms with van der Waals surface area (Å²) in [7, 11) is 0. The zero-order chi connectivity index (χ0) is 14.5. The average Bonchev–Trinajstić information content (AvgIpc) is 2.32. The fraction of sp³-hybridized carbons (Fsp3) is 0.733. The van der Waals surface area contributed by atoms with Gasteiger partial charge in [0.1, 0.15) is 6.04 Å². The maximum atomic E-state index is 12.2. The van der Waals surface area contributed by atoms with Gasteiger partial charge in [0, 0.05) is 5.92 Å². The predicted molar refractivity (Wildman–Crippen MR) is 74.7 cm³/mol. The van der Waals surface area contributed by atoms with Crippen LogP contribution in [0.25, 0.3) is 0 Å². The van der Waals surface area contributed by atoms with Crippen LogP contribution in [0.4, 0.5) is 0 Å². The quantitative estimate of drug-likeness (QED) is 0.727. The molecule has 0 aromatic heterocycles. The Labute approximate surface area is 115 Å². The zero-order valence-electron chi connectivity index (χ0n) is 11.9. The molecule has 2 unspecified atom stereocenters. The van der Waals surface area contributed by atoms with Crippen LogP contribution in [-0.2, 0) is 9.59 Å². The van der Waals surface area contributed by atoms with Gasteiger partial charge in [-0.2, -0.15) is 0 Å². The van der Waals surface area contributed by atoms with Crippen LogP contribution in [0, 0.1) is 11.3 Å². The van der Waals surface area contributed by atoms with E-state index in [1.54, 1.807) is 6.08 Å². The molecule has 4 heteroatoms. The maximum absolute atomic E-state index is 12.2. The number of nitrogens with one attached hydrogen (secondary N) is 1. The Morgan fingerprint density at radius 1 is 1.53 bits per heavy atom. The first kappa shape index (κ1) is 15.7. The Kier molecular flexibility index (Phi) is 5.58. The zero-order valence-corrected chi connectivity index (χ0v) is 11.9. The molecule has 1 fully saturated rings. The minimum atomic E-state index is -0.967. The van der Waals surface area contributed by atoms with E-state index >= 15 is 0 Å². The number of carbonyl (C=O) groups is 2. The van der Waals surface area contributed by atoms with Gasteiger partial charge in [-0.15, -0.1) is 6.58 Å². The number of rotatable bonds is 6. The lowest BCUT2D eigenvalue weighted by atomic mass is 9.72. The van der Waals surface area contributed by atoms with Gasteiger partial charge in [0.2, 0.25) is 5.91 Å². The van der Waals surface area contributed by atoms with E-state index in [2.05, 4.69) is 25.7 Å². The number of carbonyl (C=O) groups excluding carboxylic acids is 1. The third kappa shape index (κ3) is 5.05. The van der Waals surface area contributed by atoms with Crippen molar-refractivity contribution in [3.05, 3.63) is 12.7 Å². The van der Waals surface area contributed by atoms with Gasteiger partial charge in [-0.05, 0) is 37.5 Å². The van der Waals surface area contributed by atoms with Crippen molar-refractivity contribution >= 4 is 11.9 Å². The summed E-state index contributed by atoms with van der Waals surface area (Å²) in [5.74, 6) is -1.12. The minimum absolute atomic E-state index is 0.0469. The summed E-state index contributed by atoms with van der Waals surface area (Å²) in [6.45, 7) is 7.91. The van der Waals surface area contributed by atoms with Crippen LogP contribution in [0.15, 0.2) is 12.7 Å². The molecule has 2 atom stereocenters. The molecule has 0 saturated heterocycles. The highest BCUT2D eigenvalue weighted by atomic mass is 16.4. The largest absolute Gasteiger partial charge is 0.480 e. The van der Waals surface area contributed by atoms with Crippen molar-refractivity contribution in [2.24, 2.45) is 11.3 Å². The lowest BCUT2D eigenvalue weighted by Gasteiger charge is -2.34. The van der Waals surface area contributed by atoms with Crippen molar-refractivity contribution in [3.63, 3.8) is 0 Å². The second-order valence-corrected chi connectivity index (χ2v) is 6.22. The molecule has 2 N–H and O–H groups in total. The Morgan fingerprint density at radius 3 is 2.74 bits per heavy atom. The van der Waals surface area contributed by atoms with Crippen molar-refractivity contribution in [1.29, 1.82) is 0 Å². The van der Waals surface area contributed by atoms with Crippen LogP contribution in [0.3, 0.4) is 0 Å². The van der Waals surface area contributed by atoms with Crippen LogP contribution in [0.2, 0.25) is 0 Å². The van der Waals surface area contributed by atoms with Crippen LogP contribution < -0.4 is 5.32 Å². The summed E-state index contributed by atoms with van der Waals surface area (Å²) in [6.07, 6.45) is 6.54. The molecule has 0 aromatic carbocycles. The van der Waals surface area contributed by atoms with E-state index < -0.39 is 12.0 Å². The van der Waals surface area contributed by atoms with Crippen molar-refractivity contribution in [2.45, 2.75) is 58.4 Å². The second kappa shape index (κ2) is 6.73. The number of amides is 1. The monoisotopic (exact) mass is 267 g/mol. The van der Waals surface area contributed by atoms with E-state index in [9.17, 15) is 9.59 Å². The fourth-order valence-electron chi connectivity index (χ4n) is 2.75. The van der Waals surface area contributed by atoms with Crippen LogP contribution in [-0.4, -0.2) is 23.0 Å². The van der Waals surface area contributed by atoms with Crippen molar-refractivity contribution < 1.29 is 14.7 Å². The number of allylic oxidation sites excluding steroid dienone is 1. The molecule has 1 aliphatic rings. The molecular weight excluding hydrogens is 242 g/mol. The molecule has 0 bridgehead atoms. The molecule has 1 aliphatic carbocycles. The highest BCUT2D eigenvalue weighted by molar-refractivity contribution is 5.85. The van der Waals surface area contributed by atoms with Gasteiger partial charge in [-0.1, -0.05) is 26.3 Å². The van der Waals surface area contributed by atoms with Crippen molar-refractivity contribution in [1.82, 2.24) is 5.32 Å². The first-order valence-corrected chi connectivity index (χ1v) is 7.00. The number of hydrogen-bond donors (Lipinski definition) is 2. The molecule has 1 saturated carbocycles. The van der Waals surface area contributed by atoms with E-state index in [0.29, 0.717) is 12.8 Å². The average molecular weight is 267 g/mol. The lowest BCUT2D eigenvalue weighted by molar-refractivity contribution is -0.143. The van der Waals surface area contributed by atoms with E-state index in [-0.39, 0.29) is 17.2 Å². The summed E-state index contributed by atoms with van der Waals surface area (Å²) >= 11 is 0. The lowest BCUT2D eigenvalue weighted by Crippen LogP contribution is -2.45. The van der Waals surface area contributed by atoms with Crippen molar-refractivity contribution in [2.75, 3.05) is 0 Å². The smallest absolute Gasteiger partial charge is 0.326 e. The molecule has 1 amide bonds. The predicted octanol–water partition coefficient (Wildman–Crippen LogP) is 2.74. The minimum Gasteiger partial charge on any atom is -0.480 e. The number of carboxylic acid groups (broad SMARTS) is 1. The summed E-state index contributed by atoms with van der Waals surface area (Å²) < 4.78 is 0. The van der Waals surface area contributed by atoms with Crippen molar-refractivity contribution in [3.8, 4) is 0 Å². The fourth-order valence-corrected chi connectivity index (χ4v) is 2.75. The summed E-state index contributed by atoms with van der Waals surface area (Å²) in [6, 6.07) is -0.796. The standard InChI is InChI=1S/C15H25NO3/c1-4-5-8-12(14(18)19)16-13(17)11-7-6-9-15(2,3)10-11/h4,11-12H,1,5-10H2,2-3H3,(H,16,17)(H,18,19). The van der Waals surface area contributed by atoms with Gasteiger partial charge in [-0.3, -0.25) is 4.79 Å². The van der Waals surface area contributed by atoms with Gasteiger partial charge in [0.25, 0.3) is 0 Å². The first-order chi connectivity index (χ1) is 8.85. The first-order valence-electron chi connectivity index (χ1n) is 7.00. The maximum Gasteiger partial charge on any atom is 0.326 e. The molecule has 0 aliphatic heterocycles. The summed E-state index contributed by atoms with van der Waals surface area (Å²) in [5.41, 5.74) is 0.181. The molecule has 0 radical (unpaired) electrons. The SMILES string of the molecule is C=CCCC(NC(=O)C1CCCC(C)(C)C1)C(=O)O. The number of hydrogen-bond acceptors (Lipinski definition) is 2. The molecule has 0 aromatic rings. The molecule has 19 heavy (non-hydrogen) atoms. The third-order valence-corrected chi connectivity index (χ3v) is 3.85. The second-order valence-electron chi connectivity index (χ2n) is 6.22. The van der Waals surface area contributed by atoms with E-state index in [1.807, 2.05) is 0 Å². The third-order valence-electron chi connectivity index (χ3n) is 3.85. The van der Waals surface area contributed by atoms with Crippen LogP contribution >= 0.6 is 0 Å². The molecule has 108 valence electrons. The van der Waals surface area contributed by atoms with Gasteiger partial charge in [0.05, 0.1) is 0 Å². The van der Waals surface area contributed by atoms with Crippen LogP contribution in [0.5, 0.6) is 0 Å². The highest BCUT2D eigenvalue weighted by Gasteiger charge is 2.33. The highest BCUT2D eigenvalue weighted by Crippen LogP contribution is 2.38. The molecule has 0 spiro atoms. The molecule has 4 nitrogen and oxygen atoms in total. The molecule has 1 rings (SSSR count). The van der Waals surface area contributed by atoms with E-state index in [0.717, 1.165) is 25.7 Å². The van der Waals surface area contributed by atoms with E-state index in [4.69, 9.17) is 5.11 Å². The van der Waals surface area contributed by atoms with Gasteiger partial charge in [-0.25, -0.2) is 4.79 Å². The summed E-state index contributed by atoms with van der Waals surface area (Å²) in [4.78, 5) is 23.3. The molecule has 0 heterocycles.